The summed E-state index contributed by atoms with van der Waals surface area (Å²) in [5.74, 6) is -0.936. The van der Waals surface area contributed by atoms with Gasteiger partial charge in [-0.1, -0.05) is 23.7 Å². The molecule has 25 heavy (non-hydrogen) atoms. The molecule has 1 aliphatic rings. The van der Waals surface area contributed by atoms with Crippen molar-refractivity contribution >= 4 is 21.6 Å². The van der Waals surface area contributed by atoms with Gasteiger partial charge in [0.1, 0.15) is 18.2 Å². The normalized spacial score (nSPS) is 16.9. The average Bonchev–Trinajstić information content (AvgIpc) is 2.59. The van der Waals surface area contributed by atoms with Gasteiger partial charge in [-0.3, -0.25) is 0 Å². The number of nitrogens with zero attached hydrogens (tertiary/aromatic N) is 1. The highest BCUT2D eigenvalue weighted by Crippen LogP contribution is 2.19. The van der Waals surface area contributed by atoms with Crippen molar-refractivity contribution in [1.82, 2.24) is 4.31 Å². The van der Waals surface area contributed by atoms with E-state index in [1.54, 1.807) is 12.1 Å². The molecule has 2 aromatic rings. The van der Waals surface area contributed by atoms with E-state index in [1.165, 1.54) is 28.6 Å². The van der Waals surface area contributed by atoms with Gasteiger partial charge in [0.25, 0.3) is 0 Å². The summed E-state index contributed by atoms with van der Waals surface area (Å²) in [5.41, 5.74) is 0.445. The van der Waals surface area contributed by atoms with Crippen molar-refractivity contribution in [3.8, 4) is 0 Å². The molecule has 0 unspecified atom stereocenters. The van der Waals surface area contributed by atoms with Crippen LogP contribution in [0, 0.1) is 11.6 Å². The van der Waals surface area contributed by atoms with E-state index >= 15 is 0 Å². The predicted molar refractivity (Wildman–Crippen MR) is 91.0 cm³/mol. The second kappa shape index (κ2) is 7.37. The highest BCUT2D eigenvalue weighted by atomic mass is 35.5. The highest BCUT2D eigenvalue weighted by Gasteiger charge is 2.31. The molecular formula is C17H18ClF2N2O2S+. The van der Waals surface area contributed by atoms with Crippen LogP contribution in [0.25, 0.3) is 0 Å². The number of benzene rings is 2. The van der Waals surface area contributed by atoms with Gasteiger partial charge in [0, 0.05) is 0 Å². The average molecular weight is 388 g/mol. The van der Waals surface area contributed by atoms with E-state index in [0.29, 0.717) is 43.3 Å². The summed E-state index contributed by atoms with van der Waals surface area (Å²) in [7, 11) is -3.72. The summed E-state index contributed by atoms with van der Waals surface area (Å²) in [5, 5.41) is 0.377. The van der Waals surface area contributed by atoms with E-state index in [1.807, 2.05) is 0 Å². The monoisotopic (exact) mass is 387 g/mol. The minimum absolute atomic E-state index is 0.0481. The smallest absolute Gasteiger partial charge is 0.243 e. The first-order chi connectivity index (χ1) is 11.9. The van der Waals surface area contributed by atoms with Gasteiger partial charge in [-0.05, 0) is 30.3 Å². The molecule has 0 bridgehead atoms. The van der Waals surface area contributed by atoms with Gasteiger partial charge < -0.3 is 4.90 Å². The summed E-state index contributed by atoms with van der Waals surface area (Å²) in [6.45, 7) is 2.04. The van der Waals surface area contributed by atoms with Gasteiger partial charge >= 0.3 is 0 Å². The van der Waals surface area contributed by atoms with Crippen LogP contribution >= 0.6 is 11.6 Å². The molecule has 8 heteroatoms. The lowest BCUT2D eigenvalue weighted by atomic mass is 10.2. The van der Waals surface area contributed by atoms with Gasteiger partial charge in [-0.2, -0.15) is 4.31 Å². The zero-order chi connectivity index (χ0) is 18.0. The molecule has 1 aliphatic heterocycles. The molecular weight excluding hydrogens is 370 g/mol. The maximum Gasteiger partial charge on any atom is 0.243 e. The van der Waals surface area contributed by atoms with Crippen LogP contribution in [0.1, 0.15) is 5.56 Å². The fourth-order valence-corrected chi connectivity index (χ4v) is 4.65. The van der Waals surface area contributed by atoms with Gasteiger partial charge in [0.05, 0.1) is 41.7 Å². The number of sulfonamides is 1. The molecule has 1 saturated heterocycles. The molecule has 3 rings (SSSR count). The first kappa shape index (κ1) is 18.3. The van der Waals surface area contributed by atoms with E-state index in [0.717, 1.165) is 11.0 Å². The highest BCUT2D eigenvalue weighted by molar-refractivity contribution is 7.89. The van der Waals surface area contributed by atoms with Gasteiger partial charge in [-0.15, -0.1) is 0 Å². The summed E-state index contributed by atoms with van der Waals surface area (Å²) in [6.07, 6.45) is 0. The first-order valence-corrected chi connectivity index (χ1v) is 9.72. The Morgan fingerprint density at radius 1 is 1.08 bits per heavy atom. The summed E-state index contributed by atoms with van der Waals surface area (Å²) >= 11 is 6.05. The molecule has 1 fully saturated rings. The standard InChI is InChI=1S/C17H17ClF2N2O2S/c18-16-5-2-6-17(20)15(16)12-21-7-9-22(10-8-21)25(23,24)14-4-1-3-13(19)11-14/h1-6,11H,7-10,12H2/p+1. The van der Waals surface area contributed by atoms with Crippen molar-refractivity contribution in [1.29, 1.82) is 0 Å². The minimum Gasteiger partial charge on any atom is -0.329 e. The van der Waals surface area contributed by atoms with Crippen molar-refractivity contribution in [2.75, 3.05) is 26.2 Å². The molecule has 0 spiro atoms. The Kier molecular flexibility index (Phi) is 5.38. The predicted octanol–water partition coefficient (Wildman–Crippen LogP) is 1.71. The second-order valence-electron chi connectivity index (χ2n) is 5.99. The largest absolute Gasteiger partial charge is 0.329 e. The summed E-state index contributed by atoms with van der Waals surface area (Å²) in [6, 6.07) is 9.56. The van der Waals surface area contributed by atoms with Gasteiger partial charge in [-0.25, -0.2) is 17.2 Å². The Morgan fingerprint density at radius 2 is 1.76 bits per heavy atom. The number of quaternary nitrogens is 1. The van der Waals surface area contributed by atoms with Crippen molar-refractivity contribution in [3.05, 3.63) is 64.7 Å². The number of hydrogen-bond donors (Lipinski definition) is 1. The van der Waals surface area contributed by atoms with E-state index in [-0.39, 0.29) is 10.7 Å². The zero-order valence-electron chi connectivity index (χ0n) is 13.4. The number of rotatable bonds is 4. The molecule has 0 saturated carbocycles. The van der Waals surface area contributed by atoms with Crippen LogP contribution in [0.15, 0.2) is 47.4 Å². The lowest BCUT2D eigenvalue weighted by Gasteiger charge is -2.31. The number of nitrogens with one attached hydrogen (secondary N) is 1. The Hall–Kier alpha value is -1.54. The molecule has 0 atom stereocenters. The number of piperazine rings is 1. The van der Waals surface area contributed by atoms with E-state index in [4.69, 9.17) is 11.6 Å². The maximum atomic E-state index is 13.9. The number of hydrogen-bond acceptors (Lipinski definition) is 2. The third-order valence-electron chi connectivity index (χ3n) is 4.35. The quantitative estimate of drug-likeness (QED) is 0.867. The SMILES string of the molecule is O=S(=O)(c1cccc(F)c1)N1CC[NH+](Cc2c(F)cccc2Cl)CC1. The third kappa shape index (κ3) is 4.00. The van der Waals surface area contributed by atoms with Crippen LogP contribution in [0.2, 0.25) is 5.02 Å². The van der Waals surface area contributed by atoms with Crippen LogP contribution in [-0.2, 0) is 16.6 Å². The third-order valence-corrected chi connectivity index (χ3v) is 6.60. The minimum atomic E-state index is -3.72. The van der Waals surface area contributed by atoms with Crippen LogP contribution in [0.3, 0.4) is 0 Å². The van der Waals surface area contributed by atoms with Crippen LogP contribution in [-0.4, -0.2) is 38.9 Å². The molecule has 0 aliphatic carbocycles. The van der Waals surface area contributed by atoms with Crippen LogP contribution < -0.4 is 4.90 Å². The Morgan fingerprint density at radius 3 is 2.40 bits per heavy atom. The van der Waals surface area contributed by atoms with Crippen molar-refractivity contribution < 1.29 is 22.1 Å². The van der Waals surface area contributed by atoms with Crippen LogP contribution in [0.5, 0.6) is 0 Å². The Labute approximate surface area is 150 Å². The van der Waals surface area contributed by atoms with Gasteiger partial charge in [0.2, 0.25) is 10.0 Å². The molecule has 0 amide bonds. The first-order valence-electron chi connectivity index (χ1n) is 7.90. The molecule has 1 N–H and O–H groups in total. The molecule has 134 valence electrons. The van der Waals surface area contributed by atoms with E-state index in [9.17, 15) is 17.2 Å². The van der Waals surface area contributed by atoms with E-state index in [2.05, 4.69) is 0 Å². The van der Waals surface area contributed by atoms with Crippen LogP contribution in [0.4, 0.5) is 8.78 Å². The molecule has 2 aromatic carbocycles. The fourth-order valence-electron chi connectivity index (χ4n) is 2.95. The molecule has 1 heterocycles. The van der Waals surface area contributed by atoms with Gasteiger partial charge in [0.15, 0.2) is 0 Å². The molecule has 4 nitrogen and oxygen atoms in total. The number of halogens is 3. The molecule has 0 radical (unpaired) electrons. The van der Waals surface area contributed by atoms with Crippen molar-refractivity contribution in [3.63, 3.8) is 0 Å². The maximum absolute atomic E-state index is 13.9. The summed E-state index contributed by atoms with van der Waals surface area (Å²) in [4.78, 5) is 1.01. The fraction of sp³-hybridized carbons (Fsp3) is 0.294. The topological polar surface area (TPSA) is 41.8 Å². The summed E-state index contributed by atoms with van der Waals surface area (Å²) < 4.78 is 53.7. The van der Waals surface area contributed by atoms with Crippen molar-refractivity contribution in [2.45, 2.75) is 11.4 Å². The Balaban J connectivity index is 1.68. The van der Waals surface area contributed by atoms with Crippen molar-refractivity contribution in [2.24, 2.45) is 0 Å². The lowest BCUT2D eigenvalue weighted by molar-refractivity contribution is -0.917. The lowest BCUT2D eigenvalue weighted by Crippen LogP contribution is -3.13. The van der Waals surface area contributed by atoms with E-state index < -0.39 is 15.8 Å². The Bertz CT molecular complexity index is 848. The zero-order valence-corrected chi connectivity index (χ0v) is 15.0. The molecule has 0 aromatic heterocycles. The second-order valence-corrected chi connectivity index (χ2v) is 8.33.